The monoisotopic (exact) mass is 392 g/mol. The van der Waals surface area contributed by atoms with Gasteiger partial charge in [-0.2, -0.15) is 5.10 Å². The molecule has 4 rings (SSSR count). The first kappa shape index (κ1) is 18.6. The molecule has 0 aliphatic rings. The quantitative estimate of drug-likeness (QED) is 0.459. The van der Waals surface area contributed by atoms with Crippen molar-refractivity contribution in [3.8, 4) is 10.6 Å². The van der Waals surface area contributed by atoms with Gasteiger partial charge in [0.1, 0.15) is 5.01 Å². The van der Waals surface area contributed by atoms with Gasteiger partial charge in [-0.3, -0.25) is 5.10 Å². The zero-order valence-electron chi connectivity index (χ0n) is 16.2. The van der Waals surface area contributed by atoms with E-state index in [0.29, 0.717) is 6.54 Å². The number of fused-ring (bicyclic) bond motifs is 1. The Kier molecular flexibility index (Phi) is 4.87. The summed E-state index contributed by atoms with van der Waals surface area (Å²) in [4.78, 5) is 0. The summed E-state index contributed by atoms with van der Waals surface area (Å²) in [6.07, 6.45) is 0. The fraction of sp³-hybridized carbons (Fsp3) is 0.286. The molecule has 1 atom stereocenters. The van der Waals surface area contributed by atoms with E-state index in [4.69, 9.17) is 5.73 Å². The van der Waals surface area contributed by atoms with Gasteiger partial charge in [-0.05, 0) is 30.7 Å². The zero-order valence-corrected chi connectivity index (χ0v) is 17.0. The summed E-state index contributed by atoms with van der Waals surface area (Å²) >= 11 is 1.53. The molecule has 144 valence electrons. The summed E-state index contributed by atoms with van der Waals surface area (Å²) in [5.74, 6) is 0. The van der Waals surface area contributed by atoms with Gasteiger partial charge in [0.15, 0.2) is 0 Å². The number of hydrogen-bond acceptors (Lipinski definition) is 6. The van der Waals surface area contributed by atoms with E-state index in [1.807, 2.05) is 37.3 Å². The zero-order chi connectivity index (χ0) is 19.7. The lowest BCUT2D eigenvalue weighted by molar-refractivity contribution is 0.422. The predicted octanol–water partition coefficient (Wildman–Crippen LogP) is 4.11. The fourth-order valence-electron chi connectivity index (χ4n) is 3.22. The minimum Gasteiger partial charge on any atom is -0.358 e. The first-order valence-electron chi connectivity index (χ1n) is 9.29. The van der Waals surface area contributed by atoms with Gasteiger partial charge in [0, 0.05) is 34.6 Å². The Morgan fingerprint density at radius 3 is 2.71 bits per heavy atom. The van der Waals surface area contributed by atoms with Gasteiger partial charge in [0.2, 0.25) is 5.13 Å². The number of H-pyrrole nitrogens is 1. The van der Waals surface area contributed by atoms with E-state index in [-0.39, 0.29) is 11.5 Å². The molecule has 6 nitrogen and oxygen atoms in total. The predicted molar refractivity (Wildman–Crippen MR) is 116 cm³/mol. The van der Waals surface area contributed by atoms with E-state index in [1.165, 1.54) is 16.9 Å². The molecule has 0 aliphatic heterocycles. The third kappa shape index (κ3) is 3.50. The van der Waals surface area contributed by atoms with Crippen molar-refractivity contribution in [3.05, 3.63) is 59.8 Å². The van der Waals surface area contributed by atoms with Crippen LogP contribution < -0.4 is 11.1 Å². The molecule has 4 N–H and O–H groups in total. The molecular weight excluding hydrogens is 368 g/mol. The van der Waals surface area contributed by atoms with Crippen LogP contribution in [0, 0.1) is 6.92 Å². The third-order valence-electron chi connectivity index (χ3n) is 5.33. The SMILES string of the molecule is Cc1[nH]nc2ccc(-c3nnc(NCC(N)C(C)(C)c4ccccc4)s3)cc12. The number of aromatic nitrogens is 4. The number of aryl methyl sites for hydroxylation is 1. The van der Waals surface area contributed by atoms with Crippen LogP contribution in [0.5, 0.6) is 0 Å². The Morgan fingerprint density at radius 1 is 1.14 bits per heavy atom. The molecule has 0 saturated heterocycles. The normalized spacial score (nSPS) is 13.0. The highest BCUT2D eigenvalue weighted by atomic mass is 32.1. The van der Waals surface area contributed by atoms with Gasteiger partial charge in [0.25, 0.3) is 0 Å². The fourth-order valence-corrected chi connectivity index (χ4v) is 3.96. The summed E-state index contributed by atoms with van der Waals surface area (Å²) in [7, 11) is 0. The van der Waals surface area contributed by atoms with Crippen molar-refractivity contribution in [1.29, 1.82) is 0 Å². The molecule has 2 heterocycles. The summed E-state index contributed by atoms with van der Waals surface area (Å²) < 4.78 is 0. The molecule has 28 heavy (non-hydrogen) atoms. The maximum absolute atomic E-state index is 6.50. The van der Waals surface area contributed by atoms with Gasteiger partial charge < -0.3 is 11.1 Å². The minimum atomic E-state index is -0.147. The van der Waals surface area contributed by atoms with Crippen LogP contribution in [0.2, 0.25) is 0 Å². The summed E-state index contributed by atoms with van der Waals surface area (Å²) in [5.41, 5.74) is 10.6. The molecule has 2 aromatic carbocycles. The lowest BCUT2D eigenvalue weighted by atomic mass is 9.78. The first-order chi connectivity index (χ1) is 13.4. The van der Waals surface area contributed by atoms with Crippen LogP contribution in [-0.4, -0.2) is 33.0 Å². The van der Waals surface area contributed by atoms with Crippen molar-refractivity contribution in [2.75, 3.05) is 11.9 Å². The summed E-state index contributed by atoms with van der Waals surface area (Å²) in [6.45, 7) is 6.98. The molecular formula is C21H24N6S. The standard InChI is InChI=1S/C21H24N6S/c1-13-16-11-14(9-10-17(16)25-24-13)19-26-27-20(28-19)23-12-18(22)21(2,3)15-7-5-4-6-8-15/h4-11,18H,12,22H2,1-3H3,(H,23,27)(H,24,25). The minimum absolute atomic E-state index is 0.0628. The van der Waals surface area contributed by atoms with Crippen LogP contribution in [0.4, 0.5) is 5.13 Å². The molecule has 0 aliphatic carbocycles. The van der Waals surface area contributed by atoms with Crippen LogP contribution in [0.25, 0.3) is 21.5 Å². The van der Waals surface area contributed by atoms with Crippen LogP contribution >= 0.6 is 11.3 Å². The van der Waals surface area contributed by atoms with Crippen LogP contribution in [0.15, 0.2) is 48.5 Å². The summed E-state index contributed by atoms with van der Waals surface area (Å²) in [5, 5.41) is 22.0. The van der Waals surface area contributed by atoms with Gasteiger partial charge in [0.05, 0.1) is 5.52 Å². The van der Waals surface area contributed by atoms with E-state index < -0.39 is 0 Å². The molecule has 0 bridgehead atoms. The number of nitrogens with one attached hydrogen (secondary N) is 2. The van der Waals surface area contributed by atoms with Crippen LogP contribution in [0.1, 0.15) is 25.1 Å². The van der Waals surface area contributed by atoms with Gasteiger partial charge >= 0.3 is 0 Å². The van der Waals surface area contributed by atoms with Gasteiger partial charge in [-0.15, -0.1) is 10.2 Å². The molecule has 2 aromatic heterocycles. The maximum Gasteiger partial charge on any atom is 0.206 e. The number of nitrogens with zero attached hydrogens (tertiary/aromatic N) is 3. The molecule has 0 saturated carbocycles. The van der Waals surface area contributed by atoms with E-state index >= 15 is 0 Å². The summed E-state index contributed by atoms with van der Waals surface area (Å²) in [6, 6.07) is 16.4. The van der Waals surface area contributed by atoms with E-state index in [9.17, 15) is 0 Å². The average Bonchev–Trinajstić information content (AvgIpc) is 3.33. The molecule has 0 spiro atoms. The van der Waals surface area contributed by atoms with Crippen molar-refractivity contribution in [2.24, 2.45) is 5.73 Å². The maximum atomic E-state index is 6.50. The number of benzene rings is 2. The molecule has 0 radical (unpaired) electrons. The van der Waals surface area contributed by atoms with E-state index in [2.05, 4.69) is 57.8 Å². The smallest absolute Gasteiger partial charge is 0.206 e. The van der Waals surface area contributed by atoms with E-state index in [1.54, 1.807) is 0 Å². The Labute approximate surface area is 168 Å². The lowest BCUT2D eigenvalue weighted by Crippen LogP contribution is -2.45. The highest BCUT2D eigenvalue weighted by molar-refractivity contribution is 7.18. The molecule has 1 unspecified atom stereocenters. The van der Waals surface area contributed by atoms with E-state index in [0.717, 1.165) is 32.3 Å². The Morgan fingerprint density at radius 2 is 1.93 bits per heavy atom. The lowest BCUT2D eigenvalue weighted by Gasteiger charge is -2.32. The second kappa shape index (κ2) is 7.33. The van der Waals surface area contributed by atoms with Crippen molar-refractivity contribution in [3.63, 3.8) is 0 Å². The third-order valence-corrected chi connectivity index (χ3v) is 6.26. The molecule has 4 aromatic rings. The second-order valence-electron chi connectivity index (χ2n) is 7.57. The number of hydrogen-bond donors (Lipinski definition) is 3. The number of anilines is 1. The number of nitrogens with two attached hydrogens (primary N) is 1. The van der Waals surface area contributed by atoms with Crippen molar-refractivity contribution < 1.29 is 0 Å². The number of rotatable bonds is 6. The van der Waals surface area contributed by atoms with Crippen molar-refractivity contribution in [2.45, 2.75) is 32.2 Å². The highest BCUT2D eigenvalue weighted by Gasteiger charge is 2.28. The molecule has 0 amide bonds. The molecule has 7 heteroatoms. The van der Waals surface area contributed by atoms with Crippen molar-refractivity contribution in [1.82, 2.24) is 20.4 Å². The van der Waals surface area contributed by atoms with Gasteiger partial charge in [-0.25, -0.2) is 0 Å². The average molecular weight is 393 g/mol. The van der Waals surface area contributed by atoms with Crippen LogP contribution in [-0.2, 0) is 5.41 Å². The Hall–Kier alpha value is -2.77. The first-order valence-corrected chi connectivity index (χ1v) is 10.1. The topological polar surface area (TPSA) is 92.5 Å². The van der Waals surface area contributed by atoms with Gasteiger partial charge in [-0.1, -0.05) is 55.5 Å². The van der Waals surface area contributed by atoms with Crippen molar-refractivity contribution >= 4 is 27.4 Å². The largest absolute Gasteiger partial charge is 0.358 e. The Balaban J connectivity index is 1.46. The van der Waals surface area contributed by atoms with Crippen LogP contribution in [0.3, 0.4) is 0 Å². The second-order valence-corrected chi connectivity index (χ2v) is 8.55. The molecule has 0 fully saturated rings. The number of aromatic amines is 1. The highest BCUT2D eigenvalue weighted by Crippen LogP contribution is 2.30. The Bertz CT molecular complexity index is 1080.